The van der Waals surface area contributed by atoms with Crippen molar-refractivity contribution in [2.75, 3.05) is 13.2 Å². The Morgan fingerprint density at radius 1 is 0.402 bits per heavy atom. The molecule has 10 nitrogen and oxygen atoms in total. The number of nitrogens with zero attached hydrogens (tertiary/aromatic N) is 4. The molecule has 0 saturated heterocycles. The standard InChI is InChI=1S/C68H68F4N6O4/c1-67(2,3)73-35-63(79)66(82-46(38-77-57-21-13-9-17-49(57)53-33-43(71)25-29-61(53)77)39-78-58-22-14-10-18-50(58)54-34-44(72)26-30-62(54)78)65(74-68(4,5)6)64(80)40-81-45(36-75-55-19-11-7-15-47(55)51-31-41(69)23-27-59(51)75)37-76-56-20-12-8-16-48(56)52-32-42(70)24-28-60(52)76/h7-34,45-46,63-66,73-74,79-80H,35-40H2,1-6H3. The van der Waals surface area contributed by atoms with Crippen molar-refractivity contribution in [1.29, 1.82) is 0 Å². The Kier molecular flexibility index (Phi) is 14.7. The van der Waals surface area contributed by atoms with E-state index in [1.807, 2.05) is 139 Å². The van der Waals surface area contributed by atoms with E-state index in [0.29, 0.717) is 0 Å². The van der Waals surface area contributed by atoms with Gasteiger partial charge in [0.15, 0.2) is 0 Å². The zero-order valence-electron chi connectivity index (χ0n) is 46.9. The first-order valence-corrected chi connectivity index (χ1v) is 28.2. The fourth-order valence-electron chi connectivity index (χ4n) is 12.4. The summed E-state index contributed by atoms with van der Waals surface area (Å²) < 4.78 is 83.5. The minimum Gasteiger partial charge on any atom is -0.389 e. The van der Waals surface area contributed by atoms with Gasteiger partial charge in [-0.2, -0.15) is 0 Å². The lowest BCUT2D eigenvalue weighted by Crippen LogP contribution is -2.62. The van der Waals surface area contributed by atoms with E-state index in [0.717, 1.165) is 87.2 Å². The van der Waals surface area contributed by atoms with Gasteiger partial charge in [-0.15, -0.1) is 0 Å². The van der Waals surface area contributed by atoms with Crippen molar-refractivity contribution in [2.45, 2.75) is 115 Å². The average molecular weight is 1110 g/mol. The number of aliphatic hydroxyl groups is 2. The topological polar surface area (TPSA) is 103 Å². The Labute approximate surface area is 473 Å². The maximum absolute atomic E-state index is 15.1. The molecular formula is C68H68F4N6O4. The molecule has 0 bridgehead atoms. The number of benzene rings is 8. The number of hydrogen-bond acceptors (Lipinski definition) is 6. The van der Waals surface area contributed by atoms with E-state index >= 15 is 17.6 Å². The molecule has 0 aliphatic rings. The summed E-state index contributed by atoms with van der Waals surface area (Å²) in [6.07, 6.45) is -5.07. The van der Waals surface area contributed by atoms with Crippen molar-refractivity contribution in [3.8, 4) is 0 Å². The molecule has 82 heavy (non-hydrogen) atoms. The highest BCUT2D eigenvalue weighted by atomic mass is 19.1. The predicted molar refractivity (Wildman–Crippen MR) is 322 cm³/mol. The molecule has 4 unspecified atom stereocenters. The van der Waals surface area contributed by atoms with Gasteiger partial charge in [-0.3, -0.25) is 0 Å². The van der Waals surface area contributed by atoms with E-state index in [2.05, 4.69) is 28.9 Å². The quantitative estimate of drug-likeness (QED) is 0.0602. The summed E-state index contributed by atoms with van der Waals surface area (Å²) in [5, 5.41) is 39.7. The molecule has 422 valence electrons. The number of aliphatic hydroxyl groups excluding tert-OH is 2. The Hall–Kier alpha value is -7.56. The number of aromatic nitrogens is 4. The van der Waals surface area contributed by atoms with Crippen LogP contribution in [0.4, 0.5) is 17.6 Å². The summed E-state index contributed by atoms with van der Waals surface area (Å²) in [7, 11) is 0. The van der Waals surface area contributed by atoms with E-state index in [9.17, 15) is 10.2 Å². The molecule has 8 aromatic carbocycles. The number of fused-ring (bicyclic) bond motifs is 12. The molecule has 4 heterocycles. The number of hydrogen-bond donors (Lipinski definition) is 4. The van der Waals surface area contributed by atoms with Crippen LogP contribution in [0.2, 0.25) is 0 Å². The summed E-state index contributed by atoms with van der Waals surface area (Å²) in [5.74, 6) is -1.42. The summed E-state index contributed by atoms with van der Waals surface area (Å²) in [4.78, 5) is 0. The van der Waals surface area contributed by atoms with Crippen molar-refractivity contribution in [3.63, 3.8) is 0 Å². The lowest BCUT2D eigenvalue weighted by atomic mass is 9.95. The van der Waals surface area contributed by atoms with Gasteiger partial charge in [-0.05, 0) is 139 Å². The van der Waals surface area contributed by atoms with Gasteiger partial charge >= 0.3 is 0 Å². The van der Waals surface area contributed by atoms with Crippen LogP contribution < -0.4 is 10.6 Å². The highest BCUT2D eigenvalue weighted by molar-refractivity contribution is 6.10. The van der Waals surface area contributed by atoms with Crippen LogP contribution in [0, 0.1) is 23.3 Å². The zero-order valence-corrected chi connectivity index (χ0v) is 46.9. The van der Waals surface area contributed by atoms with Crippen LogP contribution in [0.5, 0.6) is 0 Å². The molecule has 4 atom stereocenters. The normalized spacial score (nSPS) is 14.4. The van der Waals surface area contributed by atoms with Crippen LogP contribution in [0.1, 0.15) is 41.5 Å². The van der Waals surface area contributed by atoms with Gasteiger partial charge < -0.3 is 48.6 Å². The first-order chi connectivity index (χ1) is 39.4. The predicted octanol–water partition coefficient (Wildman–Crippen LogP) is 13.8. The molecule has 0 spiro atoms. The molecule has 12 rings (SSSR count). The van der Waals surface area contributed by atoms with E-state index in [1.54, 1.807) is 48.5 Å². The van der Waals surface area contributed by atoms with Crippen LogP contribution in [-0.2, 0) is 35.7 Å². The number of nitrogens with one attached hydrogen (secondary N) is 2. The smallest absolute Gasteiger partial charge is 0.123 e. The number of para-hydroxylation sites is 4. The summed E-state index contributed by atoms with van der Waals surface area (Å²) in [5.41, 5.74) is 5.61. The van der Waals surface area contributed by atoms with Crippen molar-refractivity contribution in [3.05, 3.63) is 193 Å². The van der Waals surface area contributed by atoms with Gasteiger partial charge in [0.05, 0.1) is 63.2 Å². The maximum atomic E-state index is 15.1. The lowest BCUT2D eigenvalue weighted by Gasteiger charge is -2.41. The monoisotopic (exact) mass is 1110 g/mol. The van der Waals surface area contributed by atoms with Crippen LogP contribution in [0.25, 0.3) is 87.2 Å². The van der Waals surface area contributed by atoms with Crippen LogP contribution in [0.15, 0.2) is 170 Å². The van der Waals surface area contributed by atoms with Gasteiger partial charge in [-0.1, -0.05) is 72.8 Å². The highest BCUT2D eigenvalue weighted by Gasteiger charge is 2.40. The number of β-amino-alcohol motifs (C(OH)–C–C–N with tert-alkyl or cyclic N) is 1. The van der Waals surface area contributed by atoms with Gasteiger partial charge in [0, 0.05) is 105 Å². The third kappa shape index (κ3) is 10.9. The first kappa shape index (κ1) is 55.0. The molecule has 4 aromatic heterocycles. The molecule has 12 aromatic rings. The molecule has 0 amide bonds. The van der Waals surface area contributed by atoms with Crippen LogP contribution in [0.3, 0.4) is 0 Å². The SMILES string of the molecule is CC(C)(C)NCC(O)C(OC(Cn1c2ccccc2c2cc(F)ccc21)Cn1c2ccccc2c2cc(F)ccc21)C(NC(C)(C)C)C(O)COC(Cn1c2ccccc2c2cc(F)ccc21)Cn1c2ccccc2c2cc(F)ccc21. The molecule has 4 N–H and O–H groups in total. The van der Waals surface area contributed by atoms with Crippen molar-refractivity contribution < 1.29 is 37.2 Å². The molecule has 14 heteroatoms. The fraction of sp³-hybridized carbons (Fsp3) is 0.294. The average Bonchev–Trinajstić information content (AvgIpc) is 3.82. The van der Waals surface area contributed by atoms with E-state index in [1.165, 1.54) is 24.3 Å². The Bertz CT molecular complexity index is 4080. The second kappa shape index (κ2) is 22.0. The molecule has 0 aliphatic heterocycles. The highest BCUT2D eigenvalue weighted by Crippen LogP contribution is 2.36. The minimum absolute atomic E-state index is 0.0888. The maximum Gasteiger partial charge on any atom is 0.123 e. The third-order valence-corrected chi connectivity index (χ3v) is 15.9. The number of ether oxygens (including phenoxy) is 2. The molecule has 0 radical (unpaired) electrons. The summed E-state index contributed by atoms with van der Waals surface area (Å²) in [6.45, 7) is 12.9. The summed E-state index contributed by atoms with van der Waals surface area (Å²) >= 11 is 0. The van der Waals surface area contributed by atoms with Gasteiger partial charge in [0.25, 0.3) is 0 Å². The van der Waals surface area contributed by atoms with Crippen LogP contribution in [-0.4, -0.2) is 89.3 Å². The largest absolute Gasteiger partial charge is 0.389 e. The van der Waals surface area contributed by atoms with E-state index in [4.69, 9.17) is 9.47 Å². The van der Waals surface area contributed by atoms with E-state index in [-0.39, 0.29) is 62.6 Å². The second-order valence-corrected chi connectivity index (χ2v) is 24.0. The van der Waals surface area contributed by atoms with E-state index < -0.39 is 47.6 Å². The minimum atomic E-state index is -1.32. The Morgan fingerprint density at radius 2 is 0.720 bits per heavy atom. The number of rotatable bonds is 19. The fourth-order valence-corrected chi connectivity index (χ4v) is 12.4. The molecule has 0 saturated carbocycles. The molecule has 0 fully saturated rings. The lowest BCUT2D eigenvalue weighted by molar-refractivity contribution is -0.133. The van der Waals surface area contributed by atoms with Crippen LogP contribution >= 0.6 is 0 Å². The first-order valence-electron chi connectivity index (χ1n) is 28.2. The van der Waals surface area contributed by atoms with Crippen molar-refractivity contribution in [2.24, 2.45) is 0 Å². The van der Waals surface area contributed by atoms with Gasteiger partial charge in [-0.25, -0.2) is 17.6 Å². The van der Waals surface area contributed by atoms with Gasteiger partial charge in [0.2, 0.25) is 0 Å². The Morgan fingerprint density at radius 3 is 1.05 bits per heavy atom. The number of halogens is 4. The zero-order chi connectivity index (χ0) is 57.2. The van der Waals surface area contributed by atoms with Gasteiger partial charge in [0.1, 0.15) is 29.4 Å². The molecular weight excluding hydrogens is 1040 g/mol. The van der Waals surface area contributed by atoms with Crippen molar-refractivity contribution >= 4 is 87.2 Å². The third-order valence-electron chi connectivity index (χ3n) is 15.9. The molecule has 0 aliphatic carbocycles. The van der Waals surface area contributed by atoms with Crippen molar-refractivity contribution in [1.82, 2.24) is 28.9 Å². The summed E-state index contributed by atoms with van der Waals surface area (Å²) in [6, 6.07) is 49.6. The Balaban J connectivity index is 0.965. The second-order valence-electron chi connectivity index (χ2n) is 24.0.